The van der Waals surface area contributed by atoms with E-state index >= 15 is 0 Å². The van der Waals surface area contributed by atoms with Gasteiger partial charge in [-0.25, -0.2) is 0 Å². The number of aromatic nitrogens is 1. The second-order valence-corrected chi connectivity index (χ2v) is 7.12. The molecule has 2 heteroatoms. The molecule has 0 amide bonds. The minimum absolute atomic E-state index is 0.234. The lowest BCUT2D eigenvalue weighted by Crippen LogP contribution is -1.89. The van der Waals surface area contributed by atoms with E-state index in [1.165, 1.54) is 6.07 Å². The van der Waals surface area contributed by atoms with Gasteiger partial charge in [0.15, 0.2) is 5.58 Å². The SMILES string of the molecule is [2H]C([2H])([2H])c1cnc(-c2cccc3c2oc2c4c(c5ccccc5c23)C=[C+]C=C4)cc1C([2H])([2H])[2H]. The third kappa shape index (κ3) is 2.24. The highest BCUT2D eigenvalue weighted by molar-refractivity contribution is 6.24. The number of aryl methyl sites for hydroxylation is 2. The average Bonchev–Trinajstić information content (AvgIpc) is 3.23. The molecule has 0 unspecified atom stereocenters. The van der Waals surface area contributed by atoms with Crippen LogP contribution in [-0.4, -0.2) is 4.98 Å². The summed E-state index contributed by atoms with van der Waals surface area (Å²) in [6, 6.07) is 15.1. The zero-order valence-electron chi connectivity index (χ0n) is 21.3. The Kier molecular flexibility index (Phi) is 2.29. The molecule has 1 aliphatic rings. The van der Waals surface area contributed by atoms with Crippen LogP contribution in [0.15, 0.2) is 65.2 Å². The second kappa shape index (κ2) is 5.88. The summed E-state index contributed by atoms with van der Waals surface area (Å²) in [6.07, 6.45) is 10.1. The number of hydrogen-bond acceptors (Lipinski definition) is 2. The van der Waals surface area contributed by atoms with Crippen molar-refractivity contribution in [2.75, 3.05) is 0 Å². The predicted octanol–water partition coefficient (Wildman–Crippen LogP) is 7.26. The fourth-order valence-corrected chi connectivity index (χ4v) is 4.17. The monoisotopic (exact) mass is 378 g/mol. The molecular weight excluding hydrogens is 354 g/mol. The maximum Gasteiger partial charge on any atom is 0.170 e. The summed E-state index contributed by atoms with van der Waals surface area (Å²) in [6.45, 7) is -5.19. The molecule has 5 aromatic rings. The van der Waals surface area contributed by atoms with Crippen molar-refractivity contribution in [1.29, 1.82) is 0 Å². The normalized spacial score (nSPS) is 16.6. The molecule has 0 bridgehead atoms. The van der Waals surface area contributed by atoms with Crippen molar-refractivity contribution in [3.63, 3.8) is 0 Å². The number of rotatable bonds is 1. The summed E-state index contributed by atoms with van der Waals surface area (Å²) in [5.74, 6) is 0. The Labute approximate surface area is 177 Å². The fourth-order valence-electron chi connectivity index (χ4n) is 4.17. The van der Waals surface area contributed by atoms with Crippen LogP contribution in [0.2, 0.25) is 0 Å². The van der Waals surface area contributed by atoms with Crippen LogP contribution >= 0.6 is 0 Å². The van der Waals surface area contributed by atoms with E-state index < -0.39 is 13.7 Å². The molecule has 0 fully saturated rings. The topological polar surface area (TPSA) is 26.0 Å². The van der Waals surface area contributed by atoms with Gasteiger partial charge in [0.25, 0.3) is 0 Å². The van der Waals surface area contributed by atoms with Gasteiger partial charge in [-0.2, -0.15) is 0 Å². The van der Waals surface area contributed by atoms with E-state index in [1.54, 1.807) is 0 Å². The Morgan fingerprint density at radius 2 is 1.76 bits per heavy atom. The van der Waals surface area contributed by atoms with Crippen molar-refractivity contribution >= 4 is 44.9 Å². The van der Waals surface area contributed by atoms with Crippen LogP contribution in [0, 0.1) is 19.8 Å². The molecule has 6 rings (SSSR count). The molecule has 29 heavy (non-hydrogen) atoms. The Morgan fingerprint density at radius 1 is 0.897 bits per heavy atom. The van der Waals surface area contributed by atoms with Crippen LogP contribution in [0.1, 0.15) is 30.5 Å². The second-order valence-electron chi connectivity index (χ2n) is 7.12. The van der Waals surface area contributed by atoms with Gasteiger partial charge >= 0.3 is 0 Å². The molecule has 2 aromatic heterocycles. The van der Waals surface area contributed by atoms with Crippen LogP contribution in [-0.2, 0) is 0 Å². The Hall–Kier alpha value is -3.74. The summed E-state index contributed by atoms with van der Waals surface area (Å²) < 4.78 is 53.5. The molecule has 0 aliphatic heterocycles. The van der Waals surface area contributed by atoms with Crippen molar-refractivity contribution in [2.45, 2.75) is 13.7 Å². The summed E-state index contributed by atoms with van der Waals surface area (Å²) in [7, 11) is 0. The first kappa shape index (κ1) is 11.3. The lowest BCUT2D eigenvalue weighted by Gasteiger charge is -2.05. The maximum absolute atomic E-state index is 7.91. The van der Waals surface area contributed by atoms with E-state index in [0.717, 1.165) is 44.5 Å². The number of nitrogens with zero attached hydrogens (tertiary/aromatic N) is 1. The average molecular weight is 378 g/mol. The predicted molar refractivity (Wildman–Crippen MR) is 121 cm³/mol. The van der Waals surface area contributed by atoms with Gasteiger partial charge in [0.2, 0.25) is 0 Å². The largest absolute Gasteiger partial charge is 0.452 e. The highest BCUT2D eigenvalue weighted by Crippen LogP contribution is 2.43. The summed E-state index contributed by atoms with van der Waals surface area (Å²) >= 11 is 0. The highest BCUT2D eigenvalue weighted by Gasteiger charge is 2.24. The Bertz CT molecular complexity index is 1720. The van der Waals surface area contributed by atoms with Crippen molar-refractivity contribution < 1.29 is 12.6 Å². The quantitative estimate of drug-likeness (QED) is 0.287. The van der Waals surface area contributed by atoms with E-state index in [4.69, 9.17) is 12.6 Å². The molecule has 0 radical (unpaired) electrons. The molecule has 2 heterocycles. The number of furan rings is 1. The number of pyridine rings is 1. The van der Waals surface area contributed by atoms with Crippen LogP contribution in [0.3, 0.4) is 0 Å². The van der Waals surface area contributed by atoms with Crippen molar-refractivity contribution in [2.24, 2.45) is 0 Å². The van der Waals surface area contributed by atoms with Gasteiger partial charge in [-0.3, -0.25) is 4.98 Å². The third-order valence-electron chi connectivity index (χ3n) is 5.49. The molecule has 136 valence electrons. The minimum Gasteiger partial charge on any atom is -0.452 e. The number of allylic oxidation sites excluding steroid dienone is 2. The van der Waals surface area contributed by atoms with E-state index in [9.17, 15) is 0 Å². The molecule has 0 saturated carbocycles. The summed E-state index contributed by atoms with van der Waals surface area (Å²) in [5, 5.41) is 3.97. The van der Waals surface area contributed by atoms with E-state index in [1.807, 2.05) is 48.6 Å². The van der Waals surface area contributed by atoms with Crippen LogP contribution in [0.4, 0.5) is 0 Å². The highest BCUT2D eigenvalue weighted by atomic mass is 16.3. The zero-order chi connectivity index (χ0) is 24.5. The smallest absolute Gasteiger partial charge is 0.170 e. The van der Waals surface area contributed by atoms with E-state index in [2.05, 4.69) is 23.2 Å². The van der Waals surface area contributed by atoms with Crippen molar-refractivity contribution in [3.8, 4) is 11.3 Å². The summed E-state index contributed by atoms with van der Waals surface area (Å²) in [5.41, 5.74) is 3.71. The lowest BCUT2D eigenvalue weighted by molar-refractivity contribution is 0.669. The van der Waals surface area contributed by atoms with Crippen LogP contribution in [0.25, 0.3) is 56.1 Å². The molecule has 0 spiro atoms. The Morgan fingerprint density at radius 3 is 2.66 bits per heavy atom. The van der Waals surface area contributed by atoms with Crippen molar-refractivity contribution in [1.82, 2.24) is 4.98 Å². The van der Waals surface area contributed by atoms with Gasteiger partial charge in [0, 0.05) is 47.6 Å². The number of fused-ring (bicyclic) bond motifs is 8. The van der Waals surface area contributed by atoms with Gasteiger partial charge in [-0.15, -0.1) is 0 Å². The lowest BCUT2D eigenvalue weighted by atomic mass is 9.92. The summed E-state index contributed by atoms with van der Waals surface area (Å²) in [4.78, 5) is 4.36. The van der Waals surface area contributed by atoms with Crippen LogP contribution < -0.4 is 0 Å². The van der Waals surface area contributed by atoms with E-state index in [0.29, 0.717) is 16.8 Å². The van der Waals surface area contributed by atoms with Gasteiger partial charge in [0.05, 0.1) is 11.8 Å². The molecule has 0 atom stereocenters. The van der Waals surface area contributed by atoms with Crippen molar-refractivity contribution in [3.05, 3.63) is 89.1 Å². The van der Waals surface area contributed by atoms with Crippen LogP contribution in [0.5, 0.6) is 0 Å². The first-order valence-corrected chi connectivity index (χ1v) is 9.32. The molecule has 0 saturated heterocycles. The molecule has 3 aromatic carbocycles. The standard InChI is InChI=1S/C27H18NO/c1-16-14-24(28-15-17(16)2)22-12-7-13-23-25-20-10-5-3-8-18(20)19-9-4-6-11-21(19)27(25)29-26(22)23/h3,5-15H,1-2H3/q+1/i1D3,2D3. The third-order valence-corrected chi connectivity index (χ3v) is 5.49. The number of hydrogen-bond donors (Lipinski definition) is 0. The van der Waals surface area contributed by atoms with Gasteiger partial charge in [-0.1, -0.05) is 30.3 Å². The Balaban J connectivity index is 1.70. The van der Waals surface area contributed by atoms with Gasteiger partial charge in [0.1, 0.15) is 28.9 Å². The van der Waals surface area contributed by atoms with Gasteiger partial charge in [-0.05, 0) is 43.0 Å². The zero-order valence-corrected chi connectivity index (χ0v) is 15.3. The maximum atomic E-state index is 7.91. The first-order chi connectivity index (χ1) is 16.6. The molecule has 2 nitrogen and oxygen atoms in total. The molecule has 0 N–H and O–H groups in total. The first-order valence-electron chi connectivity index (χ1n) is 12.3. The molecule has 1 aliphatic carbocycles. The number of benzene rings is 3. The number of para-hydroxylation sites is 1. The minimum atomic E-state index is -2.61. The van der Waals surface area contributed by atoms with E-state index in [-0.39, 0.29) is 11.1 Å². The fraction of sp³-hybridized carbons (Fsp3) is 0.0741. The van der Waals surface area contributed by atoms with Gasteiger partial charge < -0.3 is 4.42 Å². The molecular formula is C27H18NO+.